The topological polar surface area (TPSA) is 209 Å². The minimum atomic E-state index is -1.05. The number of rotatable bonds is 9. The molecule has 2 aromatic rings. The van der Waals surface area contributed by atoms with Gasteiger partial charge in [0.25, 0.3) is 17.7 Å². The van der Waals surface area contributed by atoms with Gasteiger partial charge in [-0.25, -0.2) is 9.78 Å². The Balaban J connectivity index is 1.54. The monoisotopic (exact) mass is 606 g/mol. The van der Waals surface area contributed by atoms with E-state index < -0.39 is 53.1 Å². The van der Waals surface area contributed by atoms with Crippen LogP contribution >= 0.6 is 23.1 Å². The first-order valence-corrected chi connectivity index (χ1v) is 13.8. The Labute approximate surface area is 241 Å². The van der Waals surface area contributed by atoms with Crippen LogP contribution in [0.3, 0.4) is 0 Å². The first-order valence-electron chi connectivity index (χ1n) is 11.9. The van der Waals surface area contributed by atoms with Crippen LogP contribution in [0.5, 0.6) is 5.88 Å². The number of allylic oxidation sites excluding steroid dienone is 1. The number of nitrogens with one attached hydrogen (secondary N) is 1. The molecule has 2 aliphatic rings. The van der Waals surface area contributed by atoms with E-state index in [0.717, 1.165) is 11.3 Å². The summed E-state index contributed by atoms with van der Waals surface area (Å²) in [6, 6.07) is 0.474. The minimum absolute atomic E-state index is 0.0397. The third-order valence-electron chi connectivity index (χ3n) is 5.71. The molecule has 0 aromatic carbocycles. The van der Waals surface area contributed by atoms with Crippen LogP contribution in [0, 0.1) is 5.41 Å². The number of methoxy groups -OCH3 is 1. The van der Waals surface area contributed by atoms with Crippen LogP contribution in [0.4, 0.5) is 5.13 Å². The lowest BCUT2D eigenvalue weighted by Crippen LogP contribution is -2.71. The van der Waals surface area contributed by atoms with Crippen LogP contribution in [0.15, 0.2) is 38.5 Å². The molecule has 218 valence electrons. The molecular formula is C24H26N6O9S2. The van der Waals surface area contributed by atoms with E-state index in [4.69, 9.17) is 24.5 Å². The second-order valence-electron chi connectivity index (χ2n) is 9.59. The molecule has 4 rings (SSSR count). The van der Waals surface area contributed by atoms with Crippen LogP contribution in [0.1, 0.15) is 32.2 Å². The van der Waals surface area contributed by atoms with Crippen LogP contribution in [-0.4, -0.2) is 80.8 Å². The predicted octanol–water partition coefficient (Wildman–Crippen LogP) is 1.36. The van der Waals surface area contributed by atoms with Gasteiger partial charge in [-0.15, -0.1) is 23.1 Å². The average molecular weight is 607 g/mol. The number of carbonyl (C=O) groups excluding carboxylic acids is 4. The number of oxime groups is 1. The molecule has 2 amide bonds. The number of thioether (sulfide) groups is 1. The Morgan fingerprint density at radius 1 is 1.32 bits per heavy atom. The number of hydrogen-bond acceptors (Lipinski definition) is 15. The maximum Gasteiger partial charge on any atom is 0.358 e. The molecule has 0 unspecified atom stereocenters. The number of β-lactam (4-membered cyclic amide) rings is 1. The summed E-state index contributed by atoms with van der Waals surface area (Å²) in [6.07, 6.45) is 3.09. The van der Waals surface area contributed by atoms with Crippen molar-refractivity contribution in [2.45, 2.75) is 32.2 Å². The molecule has 2 aliphatic heterocycles. The highest BCUT2D eigenvalue weighted by molar-refractivity contribution is 8.00. The van der Waals surface area contributed by atoms with Crippen molar-refractivity contribution in [3.05, 3.63) is 40.2 Å². The van der Waals surface area contributed by atoms with Gasteiger partial charge in [0.15, 0.2) is 16.6 Å². The molecule has 15 nitrogen and oxygen atoms in total. The summed E-state index contributed by atoms with van der Waals surface area (Å²) in [5.74, 6) is -2.16. The molecule has 17 heteroatoms. The van der Waals surface area contributed by atoms with Crippen molar-refractivity contribution in [1.29, 1.82) is 0 Å². The molecule has 0 aliphatic carbocycles. The molecule has 0 bridgehead atoms. The van der Waals surface area contributed by atoms with Crippen molar-refractivity contribution in [1.82, 2.24) is 20.4 Å². The number of ether oxygens (including phenoxy) is 3. The van der Waals surface area contributed by atoms with Gasteiger partial charge in [-0.3, -0.25) is 19.3 Å². The zero-order chi connectivity index (χ0) is 29.9. The fourth-order valence-electron chi connectivity index (χ4n) is 3.63. The fourth-order valence-corrected chi connectivity index (χ4v) is 5.50. The zero-order valence-electron chi connectivity index (χ0n) is 22.3. The Bertz CT molecular complexity index is 1460. The first-order chi connectivity index (χ1) is 19.4. The summed E-state index contributed by atoms with van der Waals surface area (Å²) in [5, 5.41) is 19.5. The SMILES string of the molecule is COc1cc(/C=C\C2=C(C(=O)OCOC(=O)C(C)(C)C)N3C(=O)[C@@H](NC(=O)/C(=N\O)c4csc(N)n4)[C@H]3SC2)on1. The molecule has 4 N–H and O–H groups in total. The van der Waals surface area contributed by atoms with Crippen LogP contribution < -0.4 is 15.8 Å². The van der Waals surface area contributed by atoms with Crippen LogP contribution in [0.2, 0.25) is 0 Å². The smallest absolute Gasteiger partial charge is 0.358 e. The molecule has 0 radical (unpaired) electrons. The van der Waals surface area contributed by atoms with Crippen molar-refractivity contribution in [2.75, 3.05) is 25.4 Å². The normalized spacial score (nSPS) is 19.1. The molecule has 1 saturated heterocycles. The molecule has 2 atom stereocenters. The van der Waals surface area contributed by atoms with Gasteiger partial charge in [-0.1, -0.05) is 11.2 Å². The maximum atomic E-state index is 13.2. The van der Waals surface area contributed by atoms with Crippen molar-refractivity contribution in [3.63, 3.8) is 0 Å². The number of hydrogen-bond donors (Lipinski definition) is 3. The first kappa shape index (κ1) is 29.6. The van der Waals surface area contributed by atoms with Gasteiger partial charge >= 0.3 is 11.9 Å². The van der Waals surface area contributed by atoms with Crippen molar-refractivity contribution >= 4 is 63.8 Å². The quantitative estimate of drug-likeness (QED) is 0.0921. The third-order valence-corrected chi connectivity index (χ3v) is 7.69. The molecule has 1 fully saturated rings. The van der Waals surface area contributed by atoms with Crippen molar-refractivity contribution in [2.24, 2.45) is 10.6 Å². The summed E-state index contributed by atoms with van der Waals surface area (Å²) < 4.78 is 20.4. The van der Waals surface area contributed by atoms with Gasteiger partial charge in [0, 0.05) is 17.2 Å². The Morgan fingerprint density at radius 3 is 2.68 bits per heavy atom. The largest absolute Gasteiger partial charge is 0.479 e. The number of nitrogens with two attached hydrogens (primary N) is 1. The molecule has 41 heavy (non-hydrogen) atoms. The number of thiazole rings is 1. The molecular weight excluding hydrogens is 580 g/mol. The summed E-state index contributed by atoms with van der Waals surface area (Å²) >= 11 is 2.32. The summed E-state index contributed by atoms with van der Waals surface area (Å²) in [4.78, 5) is 56.4. The summed E-state index contributed by atoms with van der Waals surface area (Å²) in [5.41, 5.74) is 4.71. The number of anilines is 1. The van der Waals surface area contributed by atoms with E-state index in [-0.39, 0.29) is 28.2 Å². The Morgan fingerprint density at radius 2 is 2.07 bits per heavy atom. The highest BCUT2D eigenvalue weighted by atomic mass is 32.2. The van der Waals surface area contributed by atoms with Gasteiger partial charge < -0.3 is 35.0 Å². The summed E-state index contributed by atoms with van der Waals surface area (Å²) in [7, 11) is 1.43. The van der Waals surface area contributed by atoms with E-state index in [1.807, 2.05) is 0 Å². The molecule has 4 heterocycles. The number of amides is 2. The number of esters is 2. The van der Waals surface area contributed by atoms with E-state index in [0.29, 0.717) is 11.3 Å². The van der Waals surface area contributed by atoms with E-state index in [1.165, 1.54) is 41.3 Å². The Hall–Kier alpha value is -4.38. The zero-order valence-corrected chi connectivity index (χ0v) is 23.9. The number of fused-ring (bicyclic) bond motifs is 1. The molecule has 0 saturated carbocycles. The fraction of sp³-hybridized carbons (Fsp3) is 0.375. The van der Waals surface area contributed by atoms with Gasteiger partial charge in [0.05, 0.1) is 12.5 Å². The van der Waals surface area contributed by atoms with Gasteiger partial charge in [0.2, 0.25) is 6.79 Å². The van der Waals surface area contributed by atoms with E-state index in [2.05, 4.69) is 20.6 Å². The van der Waals surface area contributed by atoms with Crippen LogP contribution in [-0.2, 0) is 28.7 Å². The summed E-state index contributed by atoms with van der Waals surface area (Å²) in [6.45, 7) is 4.27. The second kappa shape index (κ2) is 12.0. The van der Waals surface area contributed by atoms with Gasteiger partial charge in [0.1, 0.15) is 22.8 Å². The number of nitrogens with zero attached hydrogens (tertiary/aromatic N) is 4. The van der Waals surface area contributed by atoms with Crippen molar-refractivity contribution < 1.29 is 43.1 Å². The lowest BCUT2D eigenvalue weighted by Gasteiger charge is -2.49. The average Bonchev–Trinajstić information content (AvgIpc) is 3.58. The van der Waals surface area contributed by atoms with Gasteiger partial charge in [-0.05, 0) is 37.6 Å². The number of nitrogen functional groups attached to an aromatic ring is 1. The second-order valence-corrected chi connectivity index (χ2v) is 11.6. The van der Waals surface area contributed by atoms with E-state index in [9.17, 15) is 24.4 Å². The Kier molecular flexibility index (Phi) is 8.67. The molecule has 0 spiro atoms. The number of carbonyl (C=O) groups is 4. The molecule has 2 aromatic heterocycles. The minimum Gasteiger partial charge on any atom is -0.479 e. The van der Waals surface area contributed by atoms with E-state index >= 15 is 0 Å². The lowest BCUT2D eigenvalue weighted by atomic mass is 9.98. The lowest BCUT2D eigenvalue weighted by molar-refractivity contribution is -0.173. The maximum absolute atomic E-state index is 13.2. The van der Waals surface area contributed by atoms with E-state index in [1.54, 1.807) is 26.8 Å². The third kappa shape index (κ3) is 6.35. The highest BCUT2D eigenvalue weighted by Crippen LogP contribution is 2.41. The standard InChI is InChI=1S/C24H26N6O9S2/c1-24(2,3)22(34)38-10-37-21(33)17-11(5-6-12-7-14(36-4)29-39-12)8-40-20-16(19(32)30(17)20)27-18(31)15(28-35)13-9-41-23(25)26-13/h5-7,9,16,20,35H,8,10H2,1-4H3,(H2,25,26)(H,27,31)/b6-5-,28-15-/t16-,20-/m1/s1. The van der Waals surface area contributed by atoms with Gasteiger partial charge in [-0.2, -0.15) is 0 Å². The van der Waals surface area contributed by atoms with Crippen molar-refractivity contribution in [3.8, 4) is 5.88 Å². The number of aromatic nitrogens is 2. The predicted molar refractivity (Wildman–Crippen MR) is 145 cm³/mol. The highest BCUT2D eigenvalue weighted by Gasteiger charge is 2.54. The van der Waals surface area contributed by atoms with Crippen LogP contribution in [0.25, 0.3) is 6.08 Å².